The van der Waals surface area contributed by atoms with Gasteiger partial charge in [-0.2, -0.15) is 0 Å². The first-order valence-corrected chi connectivity index (χ1v) is 5.71. The molecule has 15 heavy (non-hydrogen) atoms. The van der Waals surface area contributed by atoms with Gasteiger partial charge >= 0.3 is 0 Å². The summed E-state index contributed by atoms with van der Waals surface area (Å²) in [5.74, 6) is 0. The standard InChI is InChI=1S/C11H20O4/c12-7-10(3-1-5-14-8-10)11(13)4-2-6-15-9-11/h12-13H,1-9H2. The van der Waals surface area contributed by atoms with Crippen molar-refractivity contribution in [3.05, 3.63) is 0 Å². The van der Waals surface area contributed by atoms with Gasteiger partial charge in [-0.1, -0.05) is 0 Å². The summed E-state index contributed by atoms with van der Waals surface area (Å²) < 4.78 is 10.8. The predicted octanol–water partition coefficient (Wildman–Crippen LogP) is 0.317. The van der Waals surface area contributed by atoms with Crippen molar-refractivity contribution in [3.8, 4) is 0 Å². The minimum atomic E-state index is -0.902. The van der Waals surface area contributed by atoms with Crippen LogP contribution in [0, 0.1) is 5.41 Å². The summed E-state index contributed by atoms with van der Waals surface area (Å²) in [5, 5.41) is 20.1. The molecule has 4 nitrogen and oxygen atoms in total. The molecule has 0 aromatic carbocycles. The summed E-state index contributed by atoms with van der Waals surface area (Å²) in [6, 6.07) is 0. The highest BCUT2D eigenvalue weighted by Crippen LogP contribution is 2.43. The monoisotopic (exact) mass is 216 g/mol. The fourth-order valence-corrected chi connectivity index (χ4v) is 2.69. The number of ether oxygens (including phenoxy) is 2. The Morgan fingerprint density at radius 3 is 2.13 bits per heavy atom. The zero-order valence-corrected chi connectivity index (χ0v) is 9.07. The third-order valence-electron chi connectivity index (χ3n) is 3.83. The van der Waals surface area contributed by atoms with Crippen LogP contribution in [0.5, 0.6) is 0 Å². The number of aliphatic hydroxyl groups is 2. The molecule has 0 aliphatic carbocycles. The van der Waals surface area contributed by atoms with Crippen molar-refractivity contribution in [2.75, 3.05) is 33.0 Å². The Kier molecular flexibility index (Phi) is 3.30. The van der Waals surface area contributed by atoms with Crippen LogP contribution in [0.15, 0.2) is 0 Å². The number of aliphatic hydroxyl groups excluding tert-OH is 1. The zero-order valence-electron chi connectivity index (χ0n) is 9.07. The van der Waals surface area contributed by atoms with E-state index in [1.807, 2.05) is 0 Å². The number of hydrogen-bond acceptors (Lipinski definition) is 4. The van der Waals surface area contributed by atoms with Gasteiger partial charge in [0.05, 0.1) is 25.4 Å². The maximum absolute atomic E-state index is 10.6. The lowest BCUT2D eigenvalue weighted by Gasteiger charge is -2.49. The van der Waals surface area contributed by atoms with Gasteiger partial charge in [0.2, 0.25) is 0 Å². The highest BCUT2D eigenvalue weighted by atomic mass is 16.5. The first-order chi connectivity index (χ1) is 7.22. The van der Waals surface area contributed by atoms with E-state index in [1.54, 1.807) is 0 Å². The highest BCUT2D eigenvalue weighted by molar-refractivity contribution is 5.01. The molecule has 2 atom stereocenters. The third kappa shape index (κ3) is 1.91. The average molecular weight is 216 g/mol. The van der Waals surface area contributed by atoms with Crippen LogP contribution in [0.2, 0.25) is 0 Å². The SMILES string of the molecule is OCC1(C2(O)CCCOC2)CCCOC1. The largest absolute Gasteiger partial charge is 0.396 e. The molecule has 2 rings (SSSR count). The van der Waals surface area contributed by atoms with E-state index in [0.29, 0.717) is 26.2 Å². The summed E-state index contributed by atoms with van der Waals surface area (Å²) in [7, 11) is 0. The number of hydrogen-bond donors (Lipinski definition) is 2. The molecular formula is C11H20O4. The molecule has 0 radical (unpaired) electrons. The molecule has 4 heteroatoms. The first-order valence-electron chi connectivity index (χ1n) is 5.71. The maximum atomic E-state index is 10.6. The molecule has 0 amide bonds. The molecule has 2 saturated heterocycles. The molecule has 0 spiro atoms. The van der Waals surface area contributed by atoms with Crippen molar-refractivity contribution in [3.63, 3.8) is 0 Å². The highest BCUT2D eigenvalue weighted by Gasteiger charge is 2.51. The molecule has 2 aliphatic rings. The lowest BCUT2D eigenvalue weighted by Crippen LogP contribution is -2.59. The van der Waals surface area contributed by atoms with Crippen LogP contribution in [0.3, 0.4) is 0 Å². The smallest absolute Gasteiger partial charge is 0.0980 e. The Bertz CT molecular complexity index is 205. The molecule has 0 aromatic heterocycles. The maximum Gasteiger partial charge on any atom is 0.0980 e. The summed E-state index contributed by atoms with van der Waals surface area (Å²) >= 11 is 0. The fourth-order valence-electron chi connectivity index (χ4n) is 2.69. The number of rotatable bonds is 2. The van der Waals surface area contributed by atoms with Crippen LogP contribution in [0.25, 0.3) is 0 Å². The molecule has 0 saturated carbocycles. The van der Waals surface area contributed by atoms with Crippen molar-refractivity contribution in [1.29, 1.82) is 0 Å². The Morgan fingerprint density at radius 2 is 1.67 bits per heavy atom. The van der Waals surface area contributed by atoms with Crippen LogP contribution in [0.1, 0.15) is 25.7 Å². The van der Waals surface area contributed by atoms with E-state index in [9.17, 15) is 10.2 Å². The lowest BCUT2D eigenvalue weighted by molar-refractivity contribution is -0.210. The summed E-state index contributed by atoms with van der Waals surface area (Å²) in [6.07, 6.45) is 3.29. The topological polar surface area (TPSA) is 58.9 Å². The molecule has 2 heterocycles. The minimum Gasteiger partial charge on any atom is -0.396 e. The zero-order chi connectivity index (χ0) is 10.8. The van der Waals surface area contributed by atoms with Gasteiger partial charge in [0.25, 0.3) is 0 Å². The Balaban J connectivity index is 2.15. The molecule has 2 N–H and O–H groups in total. The second-order valence-corrected chi connectivity index (χ2v) is 4.78. The summed E-state index contributed by atoms with van der Waals surface area (Å²) in [5.41, 5.74) is -1.41. The van der Waals surface area contributed by atoms with E-state index in [4.69, 9.17) is 9.47 Å². The summed E-state index contributed by atoms with van der Waals surface area (Å²) in [4.78, 5) is 0. The van der Waals surface area contributed by atoms with Crippen LogP contribution >= 0.6 is 0 Å². The normalized spacial score (nSPS) is 42.8. The lowest BCUT2D eigenvalue weighted by atomic mass is 9.66. The second kappa shape index (κ2) is 4.37. The molecule has 2 unspecified atom stereocenters. The quantitative estimate of drug-likeness (QED) is 0.698. The van der Waals surface area contributed by atoms with Crippen LogP contribution in [-0.2, 0) is 9.47 Å². The van der Waals surface area contributed by atoms with Gasteiger partial charge in [-0.05, 0) is 25.7 Å². The second-order valence-electron chi connectivity index (χ2n) is 4.78. The average Bonchev–Trinajstić information content (AvgIpc) is 2.31. The Hall–Kier alpha value is -0.160. The van der Waals surface area contributed by atoms with Gasteiger partial charge in [-0.15, -0.1) is 0 Å². The predicted molar refractivity (Wildman–Crippen MR) is 54.6 cm³/mol. The van der Waals surface area contributed by atoms with Gasteiger partial charge in [-0.3, -0.25) is 0 Å². The van der Waals surface area contributed by atoms with E-state index >= 15 is 0 Å². The van der Waals surface area contributed by atoms with Gasteiger partial charge < -0.3 is 19.7 Å². The van der Waals surface area contributed by atoms with Crippen LogP contribution < -0.4 is 0 Å². The fraction of sp³-hybridized carbons (Fsp3) is 1.00. The summed E-state index contributed by atoms with van der Waals surface area (Å²) in [6.45, 7) is 2.20. The third-order valence-corrected chi connectivity index (χ3v) is 3.83. The van der Waals surface area contributed by atoms with Crippen molar-refractivity contribution < 1.29 is 19.7 Å². The first kappa shape index (κ1) is 11.3. The van der Waals surface area contributed by atoms with Crippen molar-refractivity contribution in [1.82, 2.24) is 0 Å². The van der Waals surface area contributed by atoms with Gasteiger partial charge in [0.15, 0.2) is 0 Å². The Morgan fingerprint density at radius 1 is 1.00 bits per heavy atom. The van der Waals surface area contributed by atoms with E-state index in [1.165, 1.54) is 0 Å². The van der Waals surface area contributed by atoms with E-state index in [-0.39, 0.29) is 6.61 Å². The van der Waals surface area contributed by atoms with Crippen molar-refractivity contribution >= 4 is 0 Å². The van der Waals surface area contributed by atoms with Crippen molar-refractivity contribution in [2.45, 2.75) is 31.3 Å². The van der Waals surface area contributed by atoms with E-state index in [0.717, 1.165) is 25.9 Å². The minimum absolute atomic E-state index is 0.0210. The van der Waals surface area contributed by atoms with E-state index < -0.39 is 11.0 Å². The van der Waals surface area contributed by atoms with Crippen molar-refractivity contribution in [2.24, 2.45) is 5.41 Å². The van der Waals surface area contributed by atoms with Gasteiger partial charge in [-0.25, -0.2) is 0 Å². The molecular weight excluding hydrogens is 196 g/mol. The molecule has 2 aliphatic heterocycles. The van der Waals surface area contributed by atoms with Crippen LogP contribution in [0.4, 0.5) is 0 Å². The molecule has 88 valence electrons. The Labute approximate surface area is 90.2 Å². The van der Waals surface area contributed by atoms with Gasteiger partial charge in [0, 0.05) is 18.6 Å². The molecule has 0 aromatic rings. The molecule has 2 fully saturated rings. The molecule has 0 bridgehead atoms. The van der Waals surface area contributed by atoms with E-state index in [2.05, 4.69) is 0 Å². The van der Waals surface area contributed by atoms with Crippen LogP contribution in [-0.4, -0.2) is 48.8 Å². The van der Waals surface area contributed by atoms with Gasteiger partial charge in [0.1, 0.15) is 0 Å².